The summed E-state index contributed by atoms with van der Waals surface area (Å²) in [6, 6.07) is 5.43. The van der Waals surface area contributed by atoms with E-state index in [1.165, 1.54) is 10.7 Å². The maximum atomic E-state index is 12.2. The maximum Gasteiger partial charge on any atom is 0.256 e. The minimum Gasteiger partial charge on any atom is -0.370 e. The highest BCUT2D eigenvalue weighted by atomic mass is 35.5. The molecule has 26 heavy (non-hydrogen) atoms. The molecule has 2 amide bonds. The van der Waals surface area contributed by atoms with Crippen LogP contribution in [0.1, 0.15) is 27.9 Å². The summed E-state index contributed by atoms with van der Waals surface area (Å²) >= 11 is 12.0. The van der Waals surface area contributed by atoms with Gasteiger partial charge in [0, 0.05) is 31.8 Å². The molecule has 0 spiro atoms. The molecule has 2 heterocycles. The molecule has 0 fully saturated rings. The number of amides is 2. The summed E-state index contributed by atoms with van der Waals surface area (Å²) in [6.45, 7) is 0.168. The first-order valence-electron chi connectivity index (χ1n) is 7.76. The molecule has 0 aliphatic rings. The van der Waals surface area contributed by atoms with Crippen molar-refractivity contribution in [3.8, 4) is 0 Å². The van der Waals surface area contributed by atoms with Gasteiger partial charge in [-0.25, -0.2) is 9.50 Å². The normalized spacial score (nSPS) is 10.8. The molecule has 9 heteroatoms. The number of nitrogens with zero attached hydrogens (tertiary/aromatic N) is 3. The third kappa shape index (κ3) is 4.12. The maximum absolute atomic E-state index is 12.2. The summed E-state index contributed by atoms with van der Waals surface area (Å²) in [6.07, 6.45) is 5.58. The van der Waals surface area contributed by atoms with E-state index in [0.717, 1.165) is 11.1 Å². The Morgan fingerprint density at radius 3 is 2.69 bits per heavy atom. The highest BCUT2D eigenvalue weighted by Gasteiger charge is 2.14. The molecular weight excluding hydrogens is 377 g/mol. The Morgan fingerprint density at radius 1 is 1.15 bits per heavy atom. The quantitative estimate of drug-likeness (QED) is 0.672. The summed E-state index contributed by atoms with van der Waals surface area (Å²) < 4.78 is 1.54. The molecule has 0 atom stereocenters. The second kappa shape index (κ2) is 7.72. The van der Waals surface area contributed by atoms with Gasteiger partial charge in [0.05, 0.1) is 16.2 Å². The van der Waals surface area contributed by atoms with Gasteiger partial charge < -0.3 is 11.1 Å². The van der Waals surface area contributed by atoms with Gasteiger partial charge in [0.1, 0.15) is 5.56 Å². The number of nitrogens with one attached hydrogen (secondary N) is 1. The van der Waals surface area contributed by atoms with E-state index in [2.05, 4.69) is 15.4 Å². The standard InChI is InChI=1S/C17H15Cl2N5O2/c18-13-2-1-10(6-14(13)19)5-11-7-22-16-12(8-23-24(16)9-11)17(26)21-4-3-15(20)25/h1-2,6-9H,3-5H2,(H2,20,25)(H,21,26). The molecule has 0 saturated heterocycles. The number of rotatable bonds is 6. The third-order valence-electron chi connectivity index (χ3n) is 3.70. The van der Waals surface area contributed by atoms with Gasteiger partial charge in [-0.2, -0.15) is 5.10 Å². The molecule has 3 aromatic rings. The molecule has 0 saturated carbocycles. The Hall–Kier alpha value is -2.64. The van der Waals surface area contributed by atoms with Gasteiger partial charge in [-0.3, -0.25) is 9.59 Å². The summed E-state index contributed by atoms with van der Waals surface area (Å²) in [5.74, 6) is -0.832. The van der Waals surface area contributed by atoms with Crippen molar-refractivity contribution < 1.29 is 9.59 Å². The molecule has 0 aliphatic carbocycles. The summed E-state index contributed by atoms with van der Waals surface area (Å²) in [4.78, 5) is 27.2. The van der Waals surface area contributed by atoms with E-state index in [4.69, 9.17) is 28.9 Å². The van der Waals surface area contributed by atoms with E-state index in [9.17, 15) is 9.59 Å². The summed E-state index contributed by atoms with van der Waals surface area (Å²) in [5.41, 5.74) is 7.70. The van der Waals surface area contributed by atoms with Crippen molar-refractivity contribution in [2.75, 3.05) is 6.54 Å². The summed E-state index contributed by atoms with van der Waals surface area (Å²) in [7, 11) is 0. The molecule has 0 radical (unpaired) electrons. The fraction of sp³-hybridized carbons (Fsp3) is 0.176. The Bertz CT molecular complexity index is 986. The van der Waals surface area contributed by atoms with Gasteiger partial charge >= 0.3 is 0 Å². The lowest BCUT2D eigenvalue weighted by Crippen LogP contribution is -2.27. The van der Waals surface area contributed by atoms with Crippen LogP contribution >= 0.6 is 23.2 Å². The number of nitrogens with two attached hydrogens (primary N) is 1. The largest absolute Gasteiger partial charge is 0.370 e. The first-order valence-corrected chi connectivity index (χ1v) is 8.52. The molecule has 7 nitrogen and oxygen atoms in total. The first-order chi connectivity index (χ1) is 12.4. The number of carbonyl (C=O) groups excluding carboxylic acids is 2. The molecule has 3 rings (SSSR count). The lowest BCUT2D eigenvalue weighted by molar-refractivity contribution is -0.117. The van der Waals surface area contributed by atoms with Crippen LogP contribution in [0.5, 0.6) is 0 Å². The Morgan fingerprint density at radius 2 is 1.96 bits per heavy atom. The average molecular weight is 392 g/mol. The monoisotopic (exact) mass is 391 g/mol. The van der Waals surface area contributed by atoms with Crippen LogP contribution in [-0.2, 0) is 11.2 Å². The van der Waals surface area contributed by atoms with E-state index >= 15 is 0 Å². The minimum atomic E-state index is -0.477. The van der Waals surface area contributed by atoms with Gasteiger partial charge in [-0.1, -0.05) is 29.3 Å². The van der Waals surface area contributed by atoms with Gasteiger partial charge in [-0.05, 0) is 23.3 Å². The lowest BCUT2D eigenvalue weighted by atomic mass is 10.1. The number of aromatic nitrogens is 3. The van der Waals surface area contributed by atoms with Crippen LogP contribution in [0.4, 0.5) is 0 Å². The van der Waals surface area contributed by atoms with Crippen LogP contribution in [0.2, 0.25) is 10.0 Å². The number of hydrogen-bond acceptors (Lipinski definition) is 4. The van der Waals surface area contributed by atoms with Crippen molar-refractivity contribution >= 4 is 40.7 Å². The van der Waals surface area contributed by atoms with Crippen molar-refractivity contribution in [2.24, 2.45) is 5.73 Å². The van der Waals surface area contributed by atoms with Crippen LogP contribution in [0, 0.1) is 0 Å². The number of hydrogen-bond donors (Lipinski definition) is 2. The van der Waals surface area contributed by atoms with E-state index < -0.39 is 5.91 Å². The smallest absolute Gasteiger partial charge is 0.256 e. The lowest BCUT2D eigenvalue weighted by Gasteiger charge is -2.05. The zero-order valence-corrected chi connectivity index (χ0v) is 15.1. The van der Waals surface area contributed by atoms with Gasteiger partial charge in [0.15, 0.2) is 5.65 Å². The zero-order valence-electron chi connectivity index (χ0n) is 13.6. The van der Waals surface area contributed by atoms with Crippen molar-refractivity contribution in [1.29, 1.82) is 0 Å². The highest BCUT2D eigenvalue weighted by molar-refractivity contribution is 6.42. The van der Waals surface area contributed by atoms with Gasteiger partial charge in [0.25, 0.3) is 5.91 Å². The summed E-state index contributed by atoms with van der Waals surface area (Å²) in [5, 5.41) is 7.78. The molecule has 0 bridgehead atoms. The second-order valence-corrected chi connectivity index (χ2v) is 6.50. The molecule has 1 aromatic carbocycles. The van der Waals surface area contributed by atoms with Crippen LogP contribution in [0.15, 0.2) is 36.8 Å². The predicted molar refractivity (Wildman–Crippen MR) is 98.4 cm³/mol. The Balaban J connectivity index is 1.77. The molecule has 3 N–H and O–H groups in total. The highest BCUT2D eigenvalue weighted by Crippen LogP contribution is 2.24. The van der Waals surface area contributed by atoms with Crippen LogP contribution in [0.3, 0.4) is 0 Å². The first kappa shape index (κ1) is 18.2. The van der Waals surface area contributed by atoms with Crippen molar-refractivity contribution in [1.82, 2.24) is 19.9 Å². The van der Waals surface area contributed by atoms with E-state index in [0.29, 0.717) is 27.7 Å². The average Bonchev–Trinajstić information content (AvgIpc) is 3.01. The topological polar surface area (TPSA) is 102 Å². The molecule has 2 aromatic heterocycles. The molecular formula is C17H15Cl2N5O2. The van der Waals surface area contributed by atoms with Gasteiger partial charge in [0.2, 0.25) is 5.91 Å². The van der Waals surface area contributed by atoms with Crippen molar-refractivity contribution in [3.05, 3.63) is 63.5 Å². The molecule has 0 aliphatic heterocycles. The number of fused-ring (bicyclic) bond motifs is 1. The van der Waals surface area contributed by atoms with E-state index in [1.807, 2.05) is 6.07 Å². The van der Waals surface area contributed by atoms with Crippen molar-refractivity contribution in [3.63, 3.8) is 0 Å². The van der Waals surface area contributed by atoms with Gasteiger partial charge in [-0.15, -0.1) is 0 Å². The SMILES string of the molecule is NC(=O)CCNC(=O)c1cnn2cc(Cc3ccc(Cl)c(Cl)c3)cnc12. The molecule has 134 valence electrons. The Labute approximate surface area is 159 Å². The van der Waals surface area contributed by atoms with E-state index in [1.54, 1.807) is 24.5 Å². The fourth-order valence-corrected chi connectivity index (χ4v) is 2.77. The molecule has 0 unspecified atom stereocenters. The second-order valence-electron chi connectivity index (χ2n) is 5.69. The van der Waals surface area contributed by atoms with Crippen LogP contribution < -0.4 is 11.1 Å². The third-order valence-corrected chi connectivity index (χ3v) is 4.44. The number of carbonyl (C=O) groups is 2. The fourth-order valence-electron chi connectivity index (χ4n) is 2.44. The number of halogens is 2. The van der Waals surface area contributed by atoms with Crippen LogP contribution in [-0.4, -0.2) is 33.0 Å². The zero-order chi connectivity index (χ0) is 18.7. The number of primary amides is 1. The minimum absolute atomic E-state index is 0.0756. The van der Waals surface area contributed by atoms with Crippen molar-refractivity contribution in [2.45, 2.75) is 12.8 Å². The predicted octanol–water partition coefficient (Wildman–Crippen LogP) is 2.23. The number of benzene rings is 1. The van der Waals surface area contributed by atoms with E-state index in [-0.39, 0.29) is 18.9 Å². The Kier molecular flexibility index (Phi) is 5.39. The van der Waals surface area contributed by atoms with Crippen LogP contribution in [0.25, 0.3) is 5.65 Å².